The zero-order valence-electron chi connectivity index (χ0n) is 15.0. The number of carbonyl (C=O) groups is 2. The number of carbonyl (C=O) groups excluding carboxylic acids is 2. The van der Waals surface area contributed by atoms with Gasteiger partial charge in [0.2, 0.25) is 5.78 Å². The minimum absolute atomic E-state index is 0.132. The minimum atomic E-state index is -0.353. The molecule has 0 radical (unpaired) electrons. The van der Waals surface area contributed by atoms with Crippen LogP contribution >= 0.6 is 15.9 Å². The first-order chi connectivity index (χ1) is 14.0. The number of hydrogen-bond acceptors (Lipinski definition) is 4. The Bertz CT molecular complexity index is 1120. The van der Waals surface area contributed by atoms with Crippen molar-refractivity contribution in [1.29, 1.82) is 0 Å². The summed E-state index contributed by atoms with van der Waals surface area (Å²) in [5, 5.41) is 0. The maximum absolute atomic E-state index is 13.0. The molecular weight excluding hydrogens is 439 g/mol. The lowest BCUT2D eigenvalue weighted by Crippen LogP contribution is -2.11. The lowest BCUT2D eigenvalue weighted by molar-refractivity contribution is 0.0921. The number of fused-ring (bicyclic) bond motifs is 1. The summed E-state index contributed by atoms with van der Waals surface area (Å²) in [6, 6.07) is 17.6. The Hall–Kier alpha value is -3.25. The molecule has 0 saturated heterocycles. The average molecular weight is 453 g/mol. The van der Waals surface area contributed by atoms with Crippen molar-refractivity contribution in [2.75, 3.05) is 6.61 Å². The molecule has 0 fully saturated rings. The maximum Gasteiger partial charge on any atom is 0.231 e. The fourth-order valence-electron chi connectivity index (χ4n) is 2.84. The molecule has 0 unspecified atom stereocenters. The summed E-state index contributed by atoms with van der Waals surface area (Å²) in [5.74, 6) is 0.152. The number of hydrogen-bond donors (Lipinski definition) is 0. The predicted octanol–water partition coefficient (Wildman–Crippen LogP) is 5.47. The largest absolute Gasteiger partial charge is 0.485 e. The Labute approximate surface area is 174 Å². The van der Waals surface area contributed by atoms with Gasteiger partial charge in [-0.3, -0.25) is 9.59 Å². The lowest BCUT2D eigenvalue weighted by atomic mass is 10.1. The van der Waals surface area contributed by atoms with Crippen LogP contribution in [0.4, 0.5) is 4.39 Å². The second kappa shape index (κ2) is 8.01. The smallest absolute Gasteiger partial charge is 0.231 e. The third-order valence-electron chi connectivity index (χ3n) is 4.35. The molecule has 0 aliphatic carbocycles. The Morgan fingerprint density at radius 3 is 2.48 bits per heavy atom. The monoisotopic (exact) mass is 452 g/mol. The third kappa shape index (κ3) is 4.27. The van der Waals surface area contributed by atoms with Gasteiger partial charge in [-0.15, -0.1) is 0 Å². The van der Waals surface area contributed by atoms with Crippen molar-refractivity contribution in [1.82, 2.24) is 0 Å². The average Bonchev–Trinajstić information content (AvgIpc) is 3.03. The Morgan fingerprint density at radius 2 is 1.76 bits per heavy atom. The molecule has 0 spiro atoms. The van der Waals surface area contributed by atoms with Gasteiger partial charge >= 0.3 is 0 Å². The van der Waals surface area contributed by atoms with Crippen molar-refractivity contribution in [3.63, 3.8) is 0 Å². The number of ether oxygens (including phenoxy) is 2. The van der Waals surface area contributed by atoms with Crippen molar-refractivity contribution in [3.8, 4) is 11.5 Å². The number of rotatable bonds is 5. The molecule has 0 bridgehead atoms. The predicted molar refractivity (Wildman–Crippen MR) is 110 cm³/mol. The summed E-state index contributed by atoms with van der Waals surface area (Å²) in [4.78, 5) is 24.7. The van der Waals surface area contributed by atoms with Gasteiger partial charge in [-0.05, 0) is 48.0 Å². The molecule has 4 rings (SSSR count). The number of benzene rings is 3. The highest BCUT2D eigenvalue weighted by atomic mass is 79.9. The van der Waals surface area contributed by atoms with Crippen molar-refractivity contribution in [3.05, 3.63) is 99.5 Å². The molecule has 0 saturated carbocycles. The van der Waals surface area contributed by atoms with Crippen LogP contribution in [0.1, 0.15) is 26.3 Å². The summed E-state index contributed by atoms with van der Waals surface area (Å²) >= 11 is 3.33. The molecular formula is C23H14BrFO4. The van der Waals surface area contributed by atoms with Crippen molar-refractivity contribution in [2.24, 2.45) is 0 Å². The Kier molecular flexibility index (Phi) is 5.27. The van der Waals surface area contributed by atoms with E-state index in [2.05, 4.69) is 15.9 Å². The van der Waals surface area contributed by atoms with Crippen LogP contribution in [0, 0.1) is 5.82 Å². The van der Waals surface area contributed by atoms with Gasteiger partial charge in [0.05, 0.1) is 5.56 Å². The molecule has 1 aliphatic rings. The van der Waals surface area contributed by atoms with E-state index in [4.69, 9.17) is 9.47 Å². The van der Waals surface area contributed by atoms with Gasteiger partial charge in [-0.1, -0.05) is 40.2 Å². The van der Waals surface area contributed by atoms with E-state index in [9.17, 15) is 14.0 Å². The molecule has 4 nitrogen and oxygen atoms in total. The summed E-state index contributed by atoms with van der Waals surface area (Å²) in [6.45, 7) is -0.132. The van der Waals surface area contributed by atoms with Crippen LogP contribution in [0.25, 0.3) is 6.08 Å². The van der Waals surface area contributed by atoms with Crippen molar-refractivity contribution < 1.29 is 23.5 Å². The topological polar surface area (TPSA) is 52.6 Å². The molecule has 1 heterocycles. The molecule has 29 heavy (non-hydrogen) atoms. The van der Waals surface area contributed by atoms with Gasteiger partial charge < -0.3 is 9.47 Å². The molecule has 0 atom stereocenters. The zero-order valence-corrected chi connectivity index (χ0v) is 16.6. The Morgan fingerprint density at radius 1 is 1.03 bits per heavy atom. The number of Topliss-reactive ketones (excluding diaryl/α,β-unsaturated/α-hetero) is 2. The van der Waals surface area contributed by atoms with Gasteiger partial charge in [-0.2, -0.15) is 0 Å². The van der Waals surface area contributed by atoms with Crippen LogP contribution in [0.2, 0.25) is 0 Å². The van der Waals surface area contributed by atoms with Crippen LogP contribution in [-0.2, 0) is 0 Å². The van der Waals surface area contributed by atoms with Gasteiger partial charge in [0.1, 0.15) is 17.3 Å². The summed E-state index contributed by atoms with van der Waals surface area (Å²) in [6.07, 6.45) is 1.55. The summed E-state index contributed by atoms with van der Waals surface area (Å²) in [5.41, 5.74) is 1.61. The van der Waals surface area contributed by atoms with Crippen LogP contribution < -0.4 is 9.47 Å². The third-order valence-corrected chi connectivity index (χ3v) is 4.87. The van der Waals surface area contributed by atoms with E-state index >= 15 is 0 Å². The first-order valence-electron chi connectivity index (χ1n) is 8.75. The van der Waals surface area contributed by atoms with Crippen LogP contribution in [-0.4, -0.2) is 18.2 Å². The molecule has 1 aliphatic heterocycles. The molecule has 144 valence electrons. The lowest BCUT2D eigenvalue weighted by Gasteiger charge is -2.07. The van der Waals surface area contributed by atoms with Crippen molar-refractivity contribution >= 4 is 33.6 Å². The molecule has 0 amide bonds. The number of ketones is 2. The van der Waals surface area contributed by atoms with E-state index in [1.807, 2.05) is 0 Å². The quantitative estimate of drug-likeness (QED) is 0.380. The second-order valence-electron chi connectivity index (χ2n) is 6.37. The van der Waals surface area contributed by atoms with Crippen LogP contribution in [0.5, 0.6) is 11.5 Å². The zero-order chi connectivity index (χ0) is 20.4. The van der Waals surface area contributed by atoms with Crippen LogP contribution in [0.3, 0.4) is 0 Å². The van der Waals surface area contributed by atoms with E-state index in [1.54, 1.807) is 60.7 Å². The van der Waals surface area contributed by atoms with E-state index < -0.39 is 0 Å². The van der Waals surface area contributed by atoms with E-state index in [0.717, 1.165) is 4.47 Å². The highest BCUT2D eigenvalue weighted by Gasteiger charge is 2.27. The molecule has 0 aromatic heterocycles. The van der Waals surface area contributed by atoms with Gasteiger partial charge in [0.25, 0.3) is 0 Å². The number of halogens is 2. The fourth-order valence-corrected chi connectivity index (χ4v) is 3.10. The van der Waals surface area contributed by atoms with E-state index in [1.165, 1.54) is 12.1 Å². The highest BCUT2D eigenvalue weighted by Crippen LogP contribution is 2.35. The van der Waals surface area contributed by atoms with Gasteiger partial charge in [0, 0.05) is 16.1 Å². The first kappa shape index (κ1) is 19.1. The summed E-state index contributed by atoms with van der Waals surface area (Å²) < 4.78 is 25.1. The molecule has 3 aromatic carbocycles. The first-order valence-corrected chi connectivity index (χ1v) is 9.54. The van der Waals surface area contributed by atoms with Crippen LogP contribution in [0.15, 0.2) is 77.0 Å². The highest BCUT2D eigenvalue weighted by molar-refractivity contribution is 9.10. The van der Waals surface area contributed by atoms with Gasteiger partial charge in [0.15, 0.2) is 18.1 Å². The molecule has 3 aromatic rings. The second-order valence-corrected chi connectivity index (χ2v) is 7.28. The molecule has 0 N–H and O–H groups in total. The Balaban J connectivity index is 1.46. The van der Waals surface area contributed by atoms with Crippen molar-refractivity contribution in [2.45, 2.75) is 0 Å². The SMILES string of the molecule is O=C(COc1ccc2c(c1)OC(=Cc1ccc(F)cc1)C2=O)c1ccc(Br)cc1. The normalized spacial score (nSPS) is 13.9. The van der Waals surface area contributed by atoms with E-state index in [-0.39, 0.29) is 29.7 Å². The fraction of sp³-hybridized carbons (Fsp3) is 0.0435. The van der Waals surface area contributed by atoms with E-state index in [0.29, 0.717) is 28.2 Å². The molecule has 6 heteroatoms. The summed E-state index contributed by atoms with van der Waals surface area (Å²) in [7, 11) is 0. The minimum Gasteiger partial charge on any atom is -0.485 e. The number of allylic oxidation sites excluding steroid dienone is 1. The maximum atomic E-state index is 13.0. The standard InChI is InChI=1S/C23H14BrFO4/c24-16-5-3-15(4-6-16)20(26)13-28-18-9-10-19-21(12-18)29-22(23(19)27)11-14-1-7-17(25)8-2-14/h1-12H,13H2. The van der Waals surface area contributed by atoms with Gasteiger partial charge in [-0.25, -0.2) is 4.39 Å².